The number of nitrogens with zero attached hydrogens (tertiary/aromatic N) is 1. The van der Waals surface area contributed by atoms with Crippen molar-refractivity contribution in [3.63, 3.8) is 0 Å². The highest BCUT2D eigenvalue weighted by atomic mass is 19.1. The SMILES string of the molecule is COc1ccc(C(=O)NCc2ccccc2F)cc1OC1CCN(C(C)=O)CC1. The van der Waals surface area contributed by atoms with Gasteiger partial charge in [0.15, 0.2) is 11.5 Å². The van der Waals surface area contributed by atoms with Crippen molar-refractivity contribution in [2.75, 3.05) is 20.2 Å². The van der Waals surface area contributed by atoms with Crippen molar-refractivity contribution in [2.24, 2.45) is 0 Å². The fraction of sp³-hybridized carbons (Fsp3) is 0.364. The summed E-state index contributed by atoms with van der Waals surface area (Å²) < 4.78 is 25.2. The van der Waals surface area contributed by atoms with Crippen molar-refractivity contribution < 1.29 is 23.5 Å². The van der Waals surface area contributed by atoms with Crippen molar-refractivity contribution in [3.05, 3.63) is 59.4 Å². The molecule has 1 saturated heterocycles. The van der Waals surface area contributed by atoms with E-state index in [1.54, 1.807) is 55.3 Å². The van der Waals surface area contributed by atoms with Crippen molar-refractivity contribution in [2.45, 2.75) is 32.4 Å². The van der Waals surface area contributed by atoms with Crippen LogP contribution in [0.5, 0.6) is 11.5 Å². The zero-order valence-corrected chi connectivity index (χ0v) is 16.6. The minimum absolute atomic E-state index is 0.0591. The predicted molar refractivity (Wildman–Crippen MR) is 106 cm³/mol. The molecule has 1 heterocycles. The van der Waals surface area contributed by atoms with Gasteiger partial charge in [0.05, 0.1) is 7.11 Å². The lowest BCUT2D eigenvalue weighted by Crippen LogP contribution is -2.40. The van der Waals surface area contributed by atoms with E-state index in [0.717, 1.165) is 0 Å². The number of hydrogen-bond acceptors (Lipinski definition) is 4. The minimum Gasteiger partial charge on any atom is -0.493 e. The molecular formula is C22H25FN2O4. The van der Waals surface area contributed by atoms with Crippen LogP contribution < -0.4 is 14.8 Å². The number of benzene rings is 2. The number of carbonyl (C=O) groups is 2. The molecule has 1 aliphatic rings. The Balaban J connectivity index is 1.66. The molecule has 2 aromatic rings. The lowest BCUT2D eigenvalue weighted by molar-refractivity contribution is -0.130. The molecule has 0 spiro atoms. The topological polar surface area (TPSA) is 67.9 Å². The summed E-state index contributed by atoms with van der Waals surface area (Å²) in [6.45, 7) is 2.95. The maximum absolute atomic E-state index is 13.7. The van der Waals surface area contributed by atoms with Crippen LogP contribution in [0.2, 0.25) is 0 Å². The molecular weight excluding hydrogens is 375 g/mol. The van der Waals surface area contributed by atoms with Crippen LogP contribution in [0.1, 0.15) is 35.7 Å². The average Bonchev–Trinajstić information content (AvgIpc) is 2.73. The van der Waals surface area contributed by atoms with Crippen LogP contribution in [0.15, 0.2) is 42.5 Å². The fourth-order valence-electron chi connectivity index (χ4n) is 3.30. The molecule has 0 unspecified atom stereocenters. The monoisotopic (exact) mass is 400 g/mol. The fourth-order valence-corrected chi connectivity index (χ4v) is 3.30. The highest BCUT2D eigenvalue weighted by molar-refractivity contribution is 5.94. The first-order valence-corrected chi connectivity index (χ1v) is 9.59. The Labute approximate surface area is 169 Å². The van der Waals surface area contributed by atoms with Crippen LogP contribution in [-0.2, 0) is 11.3 Å². The molecule has 1 aliphatic heterocycles. The highest BCUT2D eigenvalue weighted by Gasteiger charge is 2.23. The van der Waals surface area contributed by atoms with Crippen molar-refractivity contribution >= 4 is 11.8 Å². The molecule has 2 amide bonds. The van der Waals surface area contributed by atoms with Crippen molar-refractivity contribution in [1.82, 2.24) is 10.2 Å². The van der Waals surface area contributed by atoms with E-state index in [1.807, 2.05) is 0 Å². The standard InChI is InChI=1S/C22H25FN2O4/c1-15(26)25-11-9-18(10-12-25)29-21-13-16(7-8-20(21)28-2)22(27)24-14-17-5-3-4-6-19(17)23/h3-8,13,18H,9-12,14H2,1-2H3,(H,24,27). The molecule has 6 nitrogen and oxygen atoms in total. The number of rotatable bonds is 6. The number of halogens is 1. The number of nitrogens with one attached hydrogen (secondary N) is 1. The number of carbonyl (C=O) groups excluding carboxylic acids is 2. The van der Waals surface area contributed by atoms with E-state index in [1.165, 1.54) is 6.07 Å². The lowest BCUT2D eigenvalue weighted by atomic mass is 10.1. The van der Waals surface area contributed by atoms with Gasteiger partial charge in [0.1, 0.15) is 11.9 Å². The number of piperidine rings is 1. The van der Waals surface area contributed by atoms with Gasteiger partial charge in [0.25, 0.3) is 5.91 Å². The summed E-state index contributed by atoms with van der Waals surface area (Å²) in [5, 5.41) is 2.72. The predicted octanol–water partition coefficient (Wildman–Crippen LogP) is 3.15. The molecule has 0 radical (unpaired) electrons. The Morgan fingerprint density at radius 3 is 2.52 bits per heavy atom. The summed E-state index contributed by atoms with van der Waals surface area (Å²) in [7, 11) is 1.54. The van der Waals surface area contributed by atoms with Crippen molar-refractivity contribution in [3.8, 4) is 11.5 Å². The quantitative estimate of drug-likeness (QED) is 0.809. The Bertz CT molecular complexity index is 879. The Hall–Kier alpha value is -3.09. The number of methoxy groups -OCH3 is 1. The Morgan fingerprint density at radius 2 is 1.86 bits per heavy atom. The Kier molecular flexibility index (Phi) is 6.69. The first kappa shape index (κ1) is 20.6. The molecule has 0 aliphatic carbocycles. The smallest absolute Gasteiger partial charge is 0.251 e. The summed E-state index contributed by atoms with van der Waals surface area (Å²) >= 11 is 0. The molecule has 3 rings (SSSR count). The Morgan fingerprint density at radius 1 is 1.14 bits per heavy atom. The van der Waals surface area contributed by atoms with Crippen molar-refractivity contribution in [1.29, 1.82) is 0 Å². The van der Waals surface area contributed by atoms with Gasteiger partial charge >= 0.3 is 0 Å². The van der Waals surface area contributed by atoms with Gasteiger partial charge in [0, 0.05) is 50.5 Å². The van der Waals surface area contributed by atoms with Crippen LogP contribution in [0.25, 0.3) is 0 Å². The number of likely N-dealkylation sites (tertiary alicyclic amines) is 1. The van der Waals surface area contributed by atoms with E-state index in [0.29, 0.717) is 48.6 Å². The summed E-state index contributed by atoms with van der Waals surface area (Å²) in [5.74, 6) is 0.391. The summed E-state index contributed by atoms with van der Waals surface area (Å²) in [6, 6.07) is 11.3. The van der Waals surface area contributed by atoms with Gasteiger partial charge in [-0.2, -0.15) is 0 Å². The van der Waals surface area contributed by atoms with Gasteiger partial charge in [-0.3, -0.25) is 9.59 Å². The van der Waals surface area contributed by atoms with Crippen LogP contribution in [0.3, 0.4) is 0 Å². The van der Waals surface area contributed by atoms with Gasteiger partial charge in [-0.15, -0.1) is 0 Å². The zero-order valence-electron chi connectivity index (χ0n) is 16.6. The zero-order chi connectivity index (χ0) is 20.8. The third-order valence-corrected chi connectivity index (χ3v) is 5.00. The lowest BCUT2D eigenvalue weighted by Gasteiger charge is -2.31. The third-order valence-electron chi connectivity index (χ3n) is 5.00. The molecule has 0 saturated carbocycles. The normalized spacial score (nSPS) is 14.4. The molecule has 7 heteroatoms. The summed E-state index contributed by atoms with van der Waals surface area (Å²) in [6.07, 6.45) is 1.37. The molecule has 29 heavy (non-hydrogen) atoms. The molecule has 0 aromatic heterocycles. The molecule has 2 aromatic carbocycles. The van der Waals surface area contributed by atoms with E-state index in [9.17, 15) is 14.0 Å². The summed E-state index contributed by atoms with van der Waals surface area (Å²) in [4.78, 5) is 25.8. The maximum atomic E-state index is 13.7. The first-order chi connectivity index (χ1) is 14.0. The third kappa shape index (κ3) is 5.25. The second-order valence-corrected chi connectivity index (χ2v) is 6.96. The number of amides is 2. The molecule has 1 N–H and O–H groups in total. The van der Waals surface area contributed by atoms with Gasteiger partial charge < -0.3 is 19.7 Å². The van der Waals surface area contributed by atoms with Crippen LogP contribution in [0, 0.1) is 5.82 Å². The van der Waals surface area contributed by atoms with Gasteiger partial charge in [-0.1, -0.05) is 18.2 Å². The molecule has 0 bridgehead atoms. The van der Waals surface area contributed by atoms with Crippen LogP contribution in [-0.4, -0.2) is 43.0 Å². The van der Waals surface area contributed by atoms with E-state index < -0.39 is 0 Å². The number of hydrogen-bond donors (Lipinski definition) is 1. The minimum atomic E-state index is -0.358. The maximum Gasteiger partial charge on any atom is 0.251 e. The second kappa shape index (κ2) is 9.41. The van der Waals surface area contributed by atoms with Gasteiger partial charge in [-0.05, 0) is 24.3 Å². The van der Waals surface area contributed by atoms with Crippen LogP contribution in [0.4, 0.5) is 4.39 Å². The van der Waals surface area contributed by atoms with Crippen LogP contribution >= 0.6 is 0 Å². The van der Waals surface area contributed by atoms with Gasteiger partial charge in [0.2, 0.25) is 5.91 Å². The van der Waals surface area contributed by atoms with Gasteiger partial charge in [-0.25, -0.2) is 4.39 Å². The van der Waals surface area contributed by atoms with E-state index in [4.69, 9.17) is 9.47 Å². The second-order valence-electron chi connectivity index (χ2n) is 6.96. The largest absolute Gasteiger partial charge is 0.493 e. The van der Waals surface area contributed by atoms with E-state index in [-0.39, 0.29) is 30.3 Å². The summed E-state index contributed by atoms with van der Waals surface area (Å²) in [5.41, 5.74) is 0.821. The van der Waals surface area contributed by atoms with E-state index in [2.05, 4.69) is 5.32 Å². The molecule has 0 atom stereocenters. The molecule has 1 fully saturated rings. The molecule has 154 valence electrons. The average molecular weight is 400 g/mol. The number of ether oxygens (including phenoxy) is 2. The first-order valence-electron chi connectivity index (χ1n) is 9.59. The highest BCUT2D eigenvalue weighted by Crippen LogP contribution is 2.31. The van der Waals surface area contributed by atoms with E-state index >= 15 is 0 Å².